The molecule has 0 saturated carbocycles. The average Bonchev–Trinajstić information content (AvgIpc) is 2.81. The van der Waals surface area contributed by atoms with Crippen molar-refractivity contribution in [3.05, 3.63) is 29.3 Å². The van der Waals surface area contributed by atoms with E-state index < -0.39 is 18.6 Å². The van der Waals surface area contributed by atoms with E-state index in [-0.39, 0.29) is 6.42 Å². The van der Waals surface area contributed by atoms with E-state index in [0.29, 0.717) is 5.56 Å². The average molecular weight is 273 g/mol. The molecule has 0 bridgehead atoms. The molecule has 100 valence electrons. The zero-order chi connectivity index (χ0) is 13.1. The van der Waals surface area contributed by atoms with E-state index in [9.17, 15) is 13.9 Å². The van der Waals surface area contributed by atoms with Crippen LogP contribution in [0.1, 0.15) is 23.7 Å². The molecule has 1 aliphatic heterocycles. The number of benzene rings is 1. The molecular formula is C13H17F2NOS. The van der Waals surface area contributed by atoms with Crippen LogP contribution in [-0.2, 0) is 6.42 Å². The van der Waals surface area contributed by atoms with Crippen molar-refractivity contribution in [1.29, 1.82) is 0 Å². The first-order valence-electron chi connectivity index (χ1n) is 6.01. The van der Waals surface area contributed by atoms with Crippen molar-refractivity contribution >= 4 is 11.8 Å². The maximum atomic E-state index is 12.4. The van der Waals surface area contributed by atoms with E-state index in [1.165, 1.54) is 10.5 Å². The van der Waals surface area contributed by atoms with E-state index in [1.54, 1.807) is 18.8 Å². The minimum Gasteiger partial charge on any atom is -0.387 e. The van der Waals surface area contributed by atoms with E-state index in [1.807, 2.05) is 18.2 Å². The molecule has 0 amide bonds. The van der Waals surface area contributed by atoms with Gasteiger partial charge in [0.05, 0.1) is 6.10 Å². The zero-order valence-corrected chi connectivity index (χ0v) is 11.0. The molecule has 2 atom stereocenters. The van der Waals surface area contributed by atoms with Crippen LogP contribution in [0.2, 0.25) is 0 Å². The summed E-state index contributed by atoms with van der Waals surface area (Å²) in [5.41, 5.74) is 1.99. The number of thioether (sulfide) groups is 1. The van der Waals surface area contributed by atoms with Gasteiger partial charge in [0.1, 0.15) is 0 Å². The fourth-order valence-corrected chi connectivity index (χ4v) is 3.31. The second-order valence-corrected chi connectivity index (χ2v) is 5.57. The maximum absolute atomic E-state index is 12.4. The Kier molecular flexibility index (Phi) is 4.59. The second kappa shape index (κ2) is 5.99. The lowest BCUT2D eigenvalue weighted by Crippen LogP contribution is -2.34. The Bertz CT molecular complexity index is 414. The predicted octanol–water partition coefficient (Wildman–Crippen LogP) is 2.61. The van der Waals surface area contributed by atoms with Crippen molar-refractivity contribution in [3.63, 3.8) is 0 Å². The number of likely N-dealkylation sites (N-methyl/N-ethyl adjacent to an activating group) is 1. The Morgan fingerprint density at radius 3 is 2.89 bits per heavy atom. The van der Waals surface area contributed by atoms with Crippen LogP contribution in [0.25, 0.3) is 0 Å². The zero-order valence-electron chi connectivity index (χ0n) is 10.2. The lowest BCUT2D eigenvalue weighted by Gasteiger charge is -2.23. The maximum Gasteiger partial charge on any atom is 0.240 e. The molecule has 1 aromatic rings. The minimum absolute atomic E-state index is 0.345. The molecule has 0 aromatic heterocycles. The summed E-state index contributed by atoms with van der Waals surface area (Å²) in [5.74, 6) is 1.06. The Morgan fingerprint density at radius 1 is 1.44 bits per heavy atom. The fraction of sp³-hybridized carbons (Fsp3) is 0.538. The van der Waals surface area contributed by atoms with Crippen molar-refractivity contribution in [2.75, 3.05) is 12.8 Å². The number of alkyl halides is 2. The Balaban J connectivity index is 2.14. The van der Waals surface area contributed by atoms with Gasteiger partial charge in [-0.1, -0.05) is 12.1 Å². The number of aryl methyl sites for hydroxylation is 1. The molecule has 0 fully saturated rings. The first kappa shape index (κ1) is 13.8. The van der Waals surface area contributed by atoms with Crippen molar-refractivity contribution in [1.82, 2.24) is 5.32 Å². The number of hydrogen-bond donors (Lipinski definition) is 2. The van der Waals surface area contributed by atoms with Crippen molar-refractivity contribution in [2.45, 2.75) is 36.3 Å². The molecule has 1 heterocycles. The number of aliphatic hydroxyl groups is 1. The molecule has 5 heteroatoms. The lowest BCUT2D eigenvalue weighted by atomic mass is 9.98. The number of hydrogen-bond acceptors (Lipinski definition) is 3. The van der Waals surface area contributed by atoms with Crippen LogP contribution in [0.4, 0.5) is 8.78 Å². The van der Waals surface area contributed by atoms with E-state index in [0.717, 1.165) is 12.2 Å². The van der Waals surface area contributed by atoms with Gasteiger partial charge in [0, 0.05) is 23.1 Å². The third-order valence-corrected chi connectivity index (χ3v) is 4.35. The highest BCUT2D eigenvalue weighted by Gasteiger charge is 2.24. The summed E-state index contributed by atoms with van der Waals surface area (Å²) >= 11 is 1.75. The number of aliphatic hydroxyl groups excluding tert-OH is 1. The van der Waals surface area contributed by atoms with Crippen LogP contribution < -0.4 is 5.32 Å². The molecule has 0 aliphatic carbocycles. The van der Waals surface area contributed by atoms with E-state index in [2.05, 4.69) is 5.32 Å². The standard InChI is InChI=1S/C13H17F2NOS/c1-16-10(7-12(14)15)13(17)9-3-2-8-4-5-18-11(8)6-9/h2-3,6,10,12-13,16-17H,4-5,7H2,1H3. The molecule has 0 radical (unpaired) electrons. The van der Waals surface area contributed by atoms with Gasteiger partial charge in [0.2, 0.25) is 6.43 Å². The van der Waals surface area contributed by atoms with Crippen LogP contribution in [-0.4, -0.2) is 30.4 Å². The molecular weight excluding hydrogens is 256 g/mol. The number of halogens is 2. The van der Waals surface area contributed by atoms with Crippen LogP contribution in [0.15, 0.2) is 23.1 Å². The van der Waals surface area contributed by atoms with Crippen molar-refractivity contribution in [3.8, 4) is 0 Å². The SMILES string of the molecule is CNC(CC(F)F)C(O)c1ccc2c(c1)SCC2. The van der Waals surface area contributed by atoms with Gasteiger partial charge < -0.3 is 10.4 Å². The van der Waals surface area contributed by atoms with Gasteiger partial charge >= 0.3 is 0 Å². The molecule has 2 rings (SSSR count). The molecule has 2 unspecified atom stereocenters. The Labute approximate surface area is 110 Å². The first-order valence-corrected chi connectivity index (χ1v) is 6.99. The fourth-order valence-electron chi connectivity index (χ4n) is 2.20. The van der Waals surface area contributed by atoms with Crippen LogP contribution in [0.3, 0.4) is 0 Å². The van der Waals surface area contributed by atoms with Crippen molar-refractivity contribution in [2.24, 2.45) is 0 Å². The summed E-state index contributed by atoms with van der Waals surface area (Å²) in [7, 11) is 1.60. The van der Waals surface area contributed by atoms with Gasteiger partial charge in [-0.25, -0.2) is 8.78 Å². The number of rotatable bonds is 5. The summed E-state index contributed by atoms with van der Waals surface area (Å²) in [6.45, 7) is 0. The van der Waals surface area contributed by atoms with Gasteiger partial charge in [-0.3, -0.25) is 0 Å². The quantitative estimate of drug-likeness (QED) is 0.865. The van der Waals surface area contributed by atoms with Crippen LogP contribution in [0, 0.1) is 0 Å². The summed E-state index contributed by atoms with van der Waals surface area (Å²) in [6.07, 6.45) is -2.61. The van der Waals surface area contributed by atoms with E-state index in [4.69, 9.17) is 0 Å². The summed E-state index contributed by atoms with van der Waals surface area (Å²) in [5, 5.41) is 12.9. The van der Waals surface area contributed by atoms with E-state index >= 15 is 0 Å². The summed E-state index contributed by atoms with van der Waals surface area (Å²) in [6, 6.07) is 5.14. The highest BCUT2D eigenvalue weighted by atomic mass is 32.2. The molecule has 2 nitrogen and oxygen atoms in total. The Morgan fingerprint density at radius 2 is 2.22 bits per heavy atom. The van der Waals surface area contributed by atoms with Gasteiger partial charge in [-0.15, -0.1) is 11.8 Å². The predicted molar refractivity (Wildman–Crippen MR) is 69.3 cm³/mol. The molecule has 18 heavy (non-hydrogen) atoms. The van der Waals surface area contributed by atoms with Gasteiger partial charge in [-0.05, 0) is 30.7 Å². The van der Waals surface area contributed by atoms with Gasteiger partial charge in [0.25, 0.3) is 0 Å². The topological polar surface area (TPSA) is 32.3 Å². The summed E-state index contributed by atoms with van der Waals surface area (Å²) < 4.78 is 24.8. The van der Waals surface area contributed by atoms with Gasteiger partial charge in [0.15, 0.2) is 0 Å². The monoisotopic (exact) mass is 273 g/mol. The number of nitrogens with one attached hydrogen (secondary N) is 1. The molecule has 0 saturated heterocycles. The largest absolute Gasteiger partial charge is 0.387 e. The third kappa shape index (κ3) is 3.02. The molecule has 1 aromatic carbocycles. The molecule has 1 aliphatic rings. The van der Waals surface area contributed by atoms with Crippen LogP contribution >= 0.6 is 11.8 Å². The highest BCUT2D eigenvalue weighted by molar-refractivity contribution is 7.99. The molecule has 2 N–H and O–H groups in total. The lowest BCUT2D eigenvalue weighted by molar-refractivity contribution is 0.0685. The summed E-state index contributed by atoms with van der Waals surface area (Å²) in [4.78, 5) is 1.17. The first-order chi connectivity index (χ1) is 8.61. The third-order valence-electron chi connectivity index (χ3n) is 3.25. The molecule has 0 spiro atoms. The number of fused-ring (bicyclic) bond motifs is 1. The van der Waals surface area contributed by atoms with Crippen molar-refractivity contribution < 1.29 is 13.9 Å². The Hall–Kier alpha value is -0.650. The highest BCUT2D eigenvalue weighted by Crippen LogP contribution is 2.34. The minimum atomic E-state index is -2.42. The second-order valence-electron chi connectivity index (χ2n) is 4.43. The van der Waals surface area contributed by atoms with Gasteiger partial charge in [-0.2, -0.15) is 0 Å². The smallest absolute Gasteiger partial charge is 0.240 e. The normalized spacial score (nSPS) is 17.8. The van der Waals surface area contributed by atoms with Crippen LogP contribution in [0.5, 0.6) is 0 Å².